The molecule has 25 heavy (non-hydrogen) atoms. The number of aryl methyl sites for hydroxylation is 1. The number of hydrogen-bond donors (Lipinski definition) is 1. The number of rotatable bonds is 7. The summed E-state index contributed by atoms with van der Waals surface area (Å²) in [6, 6.07) is 16.6. The zero-order valence-corrected chi connectivity index (χ0v) is 15.5. The van der Waals surface area contributed by atoms with Crippen LogP contribution in [-0.4, -0.2) is 36.3 Å². The highest BCUT2D eigenvalue weighted by atomic mass is 35.5. The molecule has 0 saturated carbocycles. The summed E-state index contributed by atoms with van der Waals surface area (Å²) in [5.74, 6) is 0. The molecule has 4 heteroatoms. The highest BCUT2D eigenvalue weighted by Gasteiger charge is 2.24. The normalized spacial score (nSPS) is 18.2. The Labute approximate surface area is 155 Å². The van der Waals surface area contributed by atoms with Crippen LogP contribution in [0.2, 0.25) is 5.02 Å². The van der Waals surface area contributed by atoms with E-state index in [0.29, 0.717) is 25.8 Å². The molecule has 134 valence electrons. The number of halogens is 1. The molecule has 1 aliphatic carbocycles. The van der Waals surface area contributed by atoms with Crippen molar-refractivity contribution in [3.05, 3.63) is 70.2 Å². The Morgan fingerprint density at radius 3 is 2.76 bits per heavy atom. The van der Waals surface area contributed by atoms with Gasteiger partial charge in [-0.2, -0.15) is 0 Å². The molecule has 0 saturated heterocycles. The molecule has 0 radical (unpaired) electrons. The van der Waals surface area contributed by atoms with Crippen LogP contribution in [0.5, 0.6) is 0 Å². The molecule has 2 aromatic rings. The SMILES string of the molecule is CN(CC(O)COCc1ccc(Cl)cc1)C1CCCc2ccccc21. The summed E-state index contributed by atoms with van der Waals surface area (Å²) in [5.41, 5.74) is 3.91. The van der Waals surface area contributed by atoms with Gasteiger partial charge in [0.05, 0.1) is 19.3 Å². The number of fused-ring (bicyclic) bond motifs is 1. The minimum atomic E-state index is -0.494. The van der Waals surface area contributed by atoms with Gasteiger partial charge in [0.25, 0.3) is 0 Å². The van der Waals surface area contributed by atoms with E-state index in [1.165, 1.54) is 17.5 Å². The van der Waals surface area contributed by atoms with Crippen molar-refractivity contribution >= 4 is 11.6 Å². The van der Waals surface area contributed by atoms with Gasteiger partial charge in [0, 0.05) is 17.6 Å². The summed E-state index contributed by atoms with van der Waals surface area (Å²) in [6.45, 7) is 1.44. The van der Waals surface area contributed by atoms with Crippen LogP contribution in [0.1, 0.15) is 35.6 Å². The highest BCUT2D eigenvalue weighted by Crippen LogP contribution is 2.33. The largest absolute Gasteiger partial charge is 0.389 e. The number of nitrogens with zero attached hydrogens (tertiary/aromatic N) is 1. The minimum absolute atomic E-state index is 0.335. The fourth-order valence-corrected chi connectivity index (χ4v) is 3.72. The summed E-state index contributed by atoms with van der Waals surface area (Å²) in [4.78, 5) is 2.26. The Morgan fingerprint density at radius 2 is 1.96 bits per heavy atom. The van der Waals surface area contributed by atoms with Crippen LogP contribution in [0.15, 0.2) is 48.5 Å². The molecule has 3 nitrogen and oxygen atoms in total. The van der Waals surface area contributed by atoms with Gasteiger partial charge in [0.15, 0.2) is 0 Å². The van der Waals surface area contributed by atoms with Crippen molar-refractivity contribution in [2.75, 3.05) is 20.2 Å². The van der Waals surface area contributed by atoms with E-state index in [1.54, 1.807) is 0 Å². The zero-order chi connectivity index (χ0) is 17.6. The standard InChI is InChI=1S/C21H26ClNO2/c1-23(21-8-4-6-17-5-2-3-7-20(17)21)13-19(24)15-25-14-16-9-11-18(22)12-10-16/h2-3,5,7,9-12,19,21,24H,4,6,8,13-15H2,1H3. The lowest BCUT2D eigenvalue weighted by molar-refractivity contribution is 0.00617. The molecule has 2 aromatic carbocycles. The molecule has 0 aliphatic heterocycles. The topological polar surface area (TPSA) is 32.7 Å². The second kappa shape index (κ2) is 8.81. The van der Waals surface area contributed by atoms with E-state index in [9.17, 15) is 5.11 Å². The lowest BCUT2D eigenvalue weighted by Gasteiger charge is -2.34. The molecule has 0 bridgehead atoms. The summed E-state index contributed by atoms with van der Waals surface area (Å²) >= 11 is 5.88. The van der Waals surface area contributed by atoms with Crippen molar-refractivity contribution in [1.29, 1.82) is 0 Å². The highest BCUT2D eigenvalue weighted by molar-refractivity contribution is 6.30. The van der Waals surface area contributed by atoms with Crippen molar-refractivity contribution < 1.29 is 9.84 Å². The summed E-state index contributed by atoms with van der Waals surface area (Å²) < 4.78 is 5.66. The predicted molar refractivity (Wildman–Crippen MR) is 102 cm³/mol. The van der Waals surface area contributed by atoms with Gasteiger partial charge in [-0.1, -0.05) is 48.0 Å². The van der Waals surface area contributed by atoms with Crippen LogP contribution in [0.4, 0.5) is 0 Å². The lowest BCUT2D eigenvalue weighted by Crippen LogP contribution is -2.36. The van der Waals surface area contributed by atoms with Crippen molar-refractivity contribution in [2.24, 2.45) is 0 Å². The van der Waals surface area contributed by atoms with E-state index in [1.807, 2.05) is 24.3 Å². The van der Waals surface area contributed by atoms with Gasteiger partial charge in [-0.3, -0.25) is 4.90 Å². The first-order valence-corrected chi connectivity index (χ1v) is 9.29. The first-order chi connectivity index (χ1) is 12.1. The van der Waals surface area contributed by atoms with Crippen molar-refractivity contribution in [1.82, 2.24) is 4.90 Å². The number of benzene rings is 2. The maximum absolute atomic E-state index is 10.3. The number of hydrogen-bond acceptors (Lipinski definition) is 3. The van der Waals surface area contributed by atoms with Gasteiger partial charge >= 0.3 is 0 Å². The Kier molecular flexibility index (Phi) is 6.49. The van der Waals surface area contributed by atoms with Gasteiger partial charge in [0.1, 0.15) is 0 Å². The average Bonchev–Trinajstić information content (AvgIpc) is 2.63. The molecule has 0 fully saturated rings. The Balaban J connectivity index is 1.48. The lowest BCUT2D eigenvalue weighted by atomic mass is 9.87. The van der Waals surface area contributed by atoms with E-state index < -0.39 is 6.10 Å². The molecule has 2 atom stereocenters. The van der Waals surface area contributed by atoms with Gasteiger partial charge in [-0.25, -0.2) is 0 Å². The molecule has 0 aromatic heterocycles. The summed E-state index contributed by atoms with van der Waals surface area (Å²) in [6.07, 6.45) is 3.01. The second-order valence-electron chi connectivity index (χ2n) is 6.84. The van der Waals surface area contributed by atoms with Crippen molar-refractivity contribution in [3.63, 3.8) is 0 Å². The Morgan fingerprint density at radius 1 is 1.20 bits per heavy atom. The van der Waals surface area contributed by atoms with E-state index in [0.717, 1.165) is 23.4 Å². The predicted octanol–water partition coefficient (Wildman–Crippen LogP) is 4.23. The third-order valence-corrected chi connectivity index (χ3v) is 5.11. The third kappa shape index (κ3) is 5.05. The van der Waals surface area contributed by atoms with Crippen LogP contribution in [0, 0.1) is 0 Å². The maximum atomic E-state index is 10.3. The monoisotopic (exact) mass is 359 g/mol. The quantitative estimate of drug-likeness (QED) is 0.803. The Bertz CT molecular complexity index is 674. The van der Waals surface area contributed by atoms with Crippen LogP contribution in [-0.2, 0) is 17.8 Å². The van der Waals surface area contributed by atoms with Gasteiger partial charge in [-0.15, -0.1) is 0 Å². The summed E-state index contributed by atoms with van der Waals surface area (Å²) in [5, 5.41) is 11.1. The number of aliphatic hydroxyl groups is 1. The minimum Gasteiger partial charge on any atom is -0.389 e. The zero-order valence-electron chi connectivity index (χ0n) is 14.7. The summed E-state index contributed by atoms with van der Waals surface area (Å²) in [7, 11) is 2.09. The van der Waals surface area contributed by atoms with Crippen LogP contribution in [0.25, 0.3) is 0 Å². The number of ether oxygens (including phenoxy) is 1. The third-order valence-electron chi connectivity index (χ3n) is 4.86. The molecule has 3 rings (SSSR count). The van der Waals surface area contributed by atoms with Crippen molar-refractivity contribution in [2.45, 2.75) is 38.0 Å². The van der Waals surface area contributed by atoms with Crippen LogP contribution in [0.3, 0.4) is 0 Å². The molecule has 1 aliphatic rings. The van der Waals surface area contributed by atoms with Gasteiger partial charge in [0.2, 0.25) is 0 Å². The van der Waals surface area contributed by atoms with Crippen molar-refractivity contribution in [3.8, 4) is 0 Å². The fourth-order valence-electron chi connectivity index (χ4n) is 3.59. The fraction of sp³-hybridized carbons (Fsp3) is 0.429. The van der Waals surface area contributed by atoms with E-state index >= 15 is 0 Å². The molecular weight excluding hydrogens is 334 g/mol. The van der Waals surface area contributed by atoms with E-state index in [4.69, 9.17) is 16.3 Å². The first-order valence-electron chi connectivity index (χ1n) is 8.92. The van der Waals surface area contributed by atoms with Gasteiger partial charge in [-0.05, 0) is 55.1 Å². The number of likely N-dealkylation sites (N-methyl/N-ethyl adjacent to an activating group) is 1. The molecule has 0 spiro atoms. The first kappa shape index (κ1) is 18.4. The average molecular weight is 360 g/mol. The molecular formula is C21H26ClNO2. The van der Waals surface area contributed by atoms with Gasteiger partial charge < -0.3 is 9.84 Å². The molecule has 0 amide bonds. The van der Waals surface area contributed by atoms with Crippen LogP contribution >= 0.6 is 11.6 Å². The molecule has 0 heterocycles. The van der Waals surface area contributed by atoms with E-state index in [2.05, 4.69) is 36.2 Å². The van der Waals surface area contributed by atoms with E-state index in [-0.39, 0.29) is 0 Å². The maximum Gasteiger partial charge on any atom is 0.0900 e. The molecule has 2 unspecified atom stereocenters. The second-order valence-corrected chi connectivity index (χ2v) is 7.28. The Hall–Kier alpha value is -1.39. The number of aliphatic hydroxyl groups excluding tert-OH is 1. The van der Waals surface area contributed by atoms with Crippen LogP contribution < -0.4 is 0 Å². The molecule has 1 N–H and O–H groups in total. The smallest absolute Gasteiger partial charge is 0.0900 e.